The Hall–Kier alpha value is -2.33. The molecule has 154 valence electrons. The summed E-state index contributed by atoms with van der Waals surface area (Å²) in [4.78, 5) is 17.5. The van der Waals surface area contributed by atoms with E-state index < -0.39 is 0 Å². The Morgan fingerprint density at radius 1 is 1.07 bits per heavy atom. The standard InChI is InChI=1S/C25H33N3O/c1-4-20-10-8-9-13-22(20)26-24(29)27-16-14-25(15-17-27)18-28(19(2)3)23(25)21-11-6-5-7-12-21/h5-13,19,23H,4,14-18H2,1-3H3,(H,26,29). The van der Waals surface area contributed by atoms with E-state index in [0.717, 1.165) is 44.6 Å². The van der Waals surface area contributed by atoms with Gasteiger partial charge in [-0.05, 0) is 50.3 Å². The second-order valence-corrected chi connectivity index (χ2v) is 8.87. The summed E-state index contributed by atoms with van der Waals surface area (Å²) in [6.07, 6.45) is 3.06. The minimum atomic E-state index is 0.0389. The van der Waals surface area contributed by atoms with Crippen LogP contribution in [0.4, 0.5) is 10.5 Å². The molecule has 0 saturated carbocycles. The number of anilines is 1. The number of piperidine rings is 1. The second-order valence-electron chi connectivity index (χ2n) is 8.87. The normalized spacial score (nSPS) is 21.2. The minimum absolute atomic E-state index is 0.0389. The zero-order valence-corrected chi connectivity index (χ0v) is 17.9. The molecule has 0 aromatic heterocycles. The van der Waals surface area contributed by atoms with Gasteiger partial charge in [-0.15, -0.1) is 0 Å². The SMILES string of the molecule is CCc1ccccc1NC(=O)N1CCC2(CC1)CN(C(C)C)C2c1ccccc1. The lowest BCUT2D eigenvalue weighted by molar-refractivity contribution is -0.123. The molecule has 1 spiro atoms. The number of hydrogen-bond acceptors (Lipinski definition) is 2. The maximum absolute atomic E-state index is 12.9. The molecule has 2 aromatic carbocycles. The average molecular weight is 392 g/mol. The van der Waals surface area contributed by atoms with Crippen LogP contribution in [-0.2, 0) is 6.42 Å². The number of rotatable bonds is 4. The number of carbonyl (C=O) groups excluding carboxylic acids is 1. The zero-order chi connectivity index (χ0) is 20.4. The van der Waals surface area contributed by atoms with Crippen LogP contribution in [0.15, 0.2) is 54.6 Å². The van der Waals surface area contributed by atoms with Crippen LogP contribution >= 0.6 is 0 Å². The number of urea groups is 1. The van der Waals surface area contributed by atoms with Crippen LogP contribution in [0.5, 0.6) is 0 Å². The van der Waals surface area contributed by atoms with E-state index in [1.165, 1.54) is 11.1 Å². The van der Waals surface area contributed by atoms with Gasteiger partial charge in [0.05, 0.1) is 0 Å². The lowest BCUT2D eigenvalue weighted by Crippen LogP contribution is -2.64. The van der Waals surface area contributed by atoms with E-state index in [4.69, 9.17) is 0 Å². The fourth-order valence-electron chi connectivity index (χ4n) is 5.17. The molecular weight excluding hydrogens is 358 g/mol. The zero-order valence-electron chi connectivity index (χ0n) is 17.9. The Balaban J connectivity index is 1.44. The Morgan fingerprint density at radius 2 is 1.72 bits per heavy atom. The van der Waals surface area contributed by atoms with Crippen LogP contribution in [0.2, 0.25) is 0 Å². The Labute approximate surface area is 174 Å². The lowest BCUT2D eigenvalue weighted by Gasteiger charge is -2.62. The van der Waals surface area contributed by atoms with E-state index in [9.17, 15) is 4.79 Å². The summed E-state index contributed by atoms with van der Waals surface area (Å²) in [6.45, 7) is 9.49. The van der Waals surface area contributed by atoms with Crippen LogP contribution in [0.3, 0.4) is 0 Å². The lowest BCUT2D eigenvalue weighted by atomic mass is 9.62. The third-order valence-corrected chi connectivity index (χ3v) is 6.87. The summed E-state index contributed by atoms with van der Waals surface area (Å²) in [5.41, 5.74) is 3.84. The summed E-state index contributed by atoms with van der Waals surface area (Å²) in [6, 6.07) is 20.1. The van der Waals surface area contributed by atoms with Gasteiger partial charge < -0.3 is 10.2 Å². The number of carbonyl (C=O) groups is 1. The molecule has 2 amide bonds. The van der Waals surface area contributed by atoms with Crippen LogP contribution in [0.1, 0.15) is 50.8 Å². The van der Waals surface area contributed by atoms with Crippen molar-refractivity contribution in [2.24, 2.45) is 5.41 Å². The maximum atomic E-state index is 12.9. The van der Waals surface area contributed by atoms with E-state index in [1.54, 1.807) is 0 Å². The fourth-order valence-corrected chi connectivity index (χ4v) is 5.17. The molecule has 0 aliphatic carbocycles. The van der Waals surface area contributed by atoms with Crippen molar-refractivity contribution in [3.63, 3.8) is 0 Å². The van der Waals surface area contributed by atoms with Gasteiger partial charge in [0.1, 0.15) is 0 Å². The predicted molar refractivity (Wildman–Crippen MR) is 119 cm³/mol. The van der Waals surface area contributed by atoms with Crippen LogP contribution < -0.4 is 5.32 Å². The minimum Gasteiger partial charge on any atom is -0.324 e. The van der Waals surface area contributed by atoms with E-state index in [1.807, 2.05) is 23.1 Å². The van der Waals surface area contributed by atoms with E-state index in [2.05, 4.69) is 67.4 Å². The van der Waals surface area contributed by atoms with Gasteiger partial charge in [0, 0.05) is 42.8 Å². The fraction of sp³-hybridized carbons (Fsp3) is 0.480. The molecule has 4 rings (SSSR count). The first-order valence-corrected chi connectivity index (χ1v) is 11.0. The number of aryl methyl sites for hydroxylation is 1. The molecule has 0 bridgehead atoms. The van der Waals surface area contributed by atoms with Gasteiger partial charge >= 0.3 is 6.03 Å². The van der Waals surface area contributed by atoms with Gasteiger partial charge in [-0.1, -0.05) is 55.5 Å². The quantitative estimate of drug-likeness (QED) is 0.765. The summed E-state index contributed by atoms with van der Waals surface area (Å²) >= 11 is 0. The third kappa shape index (κ3) is 3.78. The third-order valence-electron chi connectivity index (χ3n) is 6.87. The number of nitrogens with one attached hydrogen (secondary N) is 1. The summed E-state index contributed by atoms with van der Waals surface area (Å²) < 4.78 is 0. The summed E-state index contributed by atoms with van der Waals surface area (Å²) in [7, 11) is 0. The van der Waals surface area contributed by atoms with E-state index >= 15 is 0 Å². The molecule has 2 aliphatic rings. The molecular formula is C25H33N3O. The van der Waals surface area contributed by atoms with Crippen molar-refractivity contribution in [1.29, 1.82) is 0 Å². The molecule has 2 fully saturated rings. The highest BCUT2D eigenvalue weighted by Gasteiger charge is 2.54. The maximum Gasteiger partial charge on any atom is 0.321 e. The average Bonchev–Trinajstić information content (AvgIpc) is 2.73. The smallest absolute Gasteiger partial charge is 0.321 e. The van der Waals surface area contributed by atoms with Crippen LogP contribution in [-0.4, -0.2) is 41.5 Å². The van der Waals surface area contributed by atoms with E-state index in [0.29, 0.717) is 17.5 Å². The highest BCUT2D eigenvalue weighted by Crippen LogP contribution is 2.55. The summed E-state index contributed by atoms with van der Waals surface area (Å²) in [5, 5.41) is 3.14. The summed E-state index contributed by atoms with van der Waals surface area (Å²) in [5.74, 6) is 0. The first-order valence-electron chi connectivity index (χ1n) is 11.0. The Morgan fingerprint density at radius 3 is 2.38 bits per heavy atom. The van der Waals surface area contributed by atoms with Gasteiger partial charge in [-0.25, -0.2) is 4.79 Å². The first-order chi connectivity index (χ1) is 14.0. The molecule has 2 aliphatic heterocycles. The van der Waals surface area contributed by atoms with Crippen LogP contribution in [0, 0.1) is 5.41 Å². The molecule has 2 heterocycles. The number of hydrogen-bond donors (Lipinski definition) is 1. The van der Waals surface area contributed by atoms with Gasteiger partial charge in [0.15, 0.2) is 0 Å². The molecule has 2 saturated heterocycles. The molecule has 29 heavy (non-hydrogen) atoms. The first kappa shape index (κ1) is 20.0. The van der Waals surface area contributed by atoms with Crippen molar-refractivity contribution in [2.45, 2.75) is 52.1 Å². The van der Waals surface area contributed by atoms with Crippen molar-refractivity contribution >= 4 is 11.7 Å². The van der Waals surface area contributed by atoms with Gasteiger partial charge in [-0.3, -0.25) is 4.90 Å². The van der Waals surface area contributed by atoms with Crippen molar-refractivity contribution in [3.05, 3.63) is 65.7 Å². The largest absolute Gasteiger partial charge is 0.324 e. The molecule has 1 atom stereocenters. The number of likely N-dealkylation sites (tertiary alicyclic amines) is 2. The molecule has 4 heteroatoms. The predicted octanol–water partition coefficient (Wildman–Crippen LogP) is 5.33. The molecule has 2 aromatic rings. The highest BCUT2D eigenvalue weighted by atomic mass is 16.2. The van der Waals surface area contributed by atoms with E-state index in [-0.39, 0.29) is 6.03 Å². The van der Waals surface area contributed by atoms with Gasteiger partial charge in [0.2, 0.25) is 0 Å². The Kier molecular flexibility index (Phi) is 5.64. The number of benzene rings is 2. The Bertz CT molecular complexity index is 840. The molecule has 4 nitrogen and oxygen atoms in total. The van der Waals surface area contributed by atoms with Crippen molar-refractivity contribution in [1.82, 2.24) is 9.80 Å². The monoisotopic (exact) mass is 391 g/mol. The second kappa shape index (κ2) is 8.19. The molecule has 1 unspecified atom stereocenters. The van der Waals surface area contributed by atoms with Crippen LogP contribution in [0.25, 0.3) is 0 Å². The molecule has 0 radical (unpaired) electrons. The number of amides is 2. The van der Waals surface area contributed by atoms with Gasteiger partial charge in [-0.2, -0.15) is 0 Å². The van der Waals surface area contributed by atoms with Crippen molar-refractivity contribution in [2.75, 3.05) is 25.0 Å². The number of nitrogens with zero attached hydrogens (tertiary/aromatic N) is 2. The van der Waals surface area contributed by atoms with Crippen molar-refractivity contribution < 1.29 is 4.79 Å². The topological polar surface area (TPSA) is 35.6 Å². The molecule has 1 N–H and O–H groups in total. The highest BCUT2D eigenvalue weighted by molar-refractivity contribution is 5.90. The van der Waals surface area contributed by atoms with Crippen molar-refractivity contribution in [3.8, 4) is 0 Å². The van der Waals surface area contributed by atoms with Gasteiger partial charge in [0.25, 0.3) is 0 Å². The number of para-hydroxylation sites is 1.